The van der Waals surface area contributed by atoms with Gasteiger partial charge in [0.2, 0.25) is 5.16 Å². The molecule has 3 rings (SSSR count). The molecule has 0 aliphatic carbocycles. The molecule has 7 nitrogen and oxygen atoms in total. The molecule has 0 spiro atoms. The molecule has 3 aromatic rings. The number of hydrogen-bond donors (Lipinski definition) is 1. The Hall–Kier alpha value is -2.19. The van der Waals surface area contributed by atoms with E-state index in [1.807, 2.05) is 20.0 Å². The van der Waals surface area contributed by atoms with Crippen LogP contribution in [-0.2, 0) is 13.6 Å². The van der Waals surface area contributed by atoms with Crippen LogP contribution in [0.2, 0.25) is 0 Å². The zero-order valence-electron chi connectivity index (χ0n) is 13.9. The second-order valence-corrected chi connectivity index (χ2v) is 6.70. The lowest BCUT2D eigenvalue weighted by Gasteiger charge is -2.09. The van der Waals surface area contributed by atoms with Crippen LogP contribution in [0.15, 0.2) is 32.6 Å². The second-order valence-electron chi connectivity index (χ2n) is 5.63. The summed E-state index contributed by atoms with van der Waals surface area (Å²) in [6.07, 6.45) is 0. The van der Waals surface area contributed by atoms with Gasteiger partial charge in [0.1, 0.15) is 5.58 Å². The van der Waals surface area contributed by atoms with Crippen molar-refractivity contribution < 1.29 is 4.42 Å². The number of hydrogen-bond acceptors (Lipinski definition) is 7. The molecule has 1 N–H and O–H groups in total. The highest BCUT2D eigenvalue weighted by Crippen LogP contribution is 2.21. The summed E-state index contributed by atoms with van der Waals surface area (Å²) in [5.74, 6) is 0.839. The first-order valence-electron chi connectivity index (χ1n) is 7.64. The van der Waals surface area contributed by atoms with E-state index in [-0.39, 0.29) is 5.63 Å². The Morgan fingerprint density at radius 2 is 2.04 bits per heavy atom. The zero-order chi connectivity index (χ0) is 17.1. The highest BCUT2D eigenvalue weighted by Gasteiger charge is 2.08. The van der Waals surface area contributed by atoms with Crippen molar-refractivity contribution in [3.63, 3.8) is 0 Å². The molecule has 0 aliphatic rings. The number of nitrogens with one attached hydrogen (secondary N) is 1. The van der Waals surface area contributed by atoms with Crippen molar-refractivity contribution in [1.29, 1.82) is 0 Å². The maximum absolute atomic E-state index is 11.8. The SMILES string of the molecule is Cc1cc2oc(=O)cc(CNCCSc3nnnn3C)c2cc1C. The molecule has 8 heteroatoms. The molecule has 1 aromatic carbocycles. The molecule has 0 unspecified atom stereocenters. The molecule has 2 aromatic heterocycles. The number of rotatable bonds is 6. The monoisotopic (exact) mass is 345 g/mol. The van der Waals surface area contributed by atoms with Crippen LogP contribution in [0.4, 0.5) is 0 Å². The van der Waals surface area contributed by atoms with Gasteiger partial charge in [0, 0.05) is 37.3 Å². The van der Waals surface area contributed by atoms with Crippen LogP contribution in [0, 0.1) is 13.8 Å². The minimum Gasteiger partial charge on any atom is -0.423 e. The fourth-order valence-corrected chi connectivity index (χ4v) is 3.16. The fourth-order valence-electron chi connectivity index (χ4n) is 2.41. The third-order valence-electron chi connectivity index (χ3n) is 3.85. The Bertz CT molecular complexity index is 918. The molecule has 0 bridgehead atoms. The van der Waals surface area contributed by atoms with Crippen LogP contribution in [0.5, 0.6) is 0 Å². The van der Waals surface area contributed by atoms with Crippen molar-refractivity contribution in [2.45, 2.75) is 25.5 Å². The summed E-state index contributed by atoms with van der Waals surface area (Å²) in [5.41, 5.74) is 3.58. The van der Waals surface area contributed by atoms with Gasteiger partial charge in [0.25, 0.3) is 0 Å². The largest absolute Gasteiger partial charge is 0.423 e. The molecule has 2 heterocycles. The summed E-state index contributed by atoms with van der Waals surface area (Å²) < 4.78 is 6.96. The van der Waals surface area contributed by atoms with E-state index in [1.54, 1.807) is 22.5 Å². The Morgan fingerprint density at radius 1 is 1.25 bits per heavy atom. The Labute approximate surface area is 143 Å². The Morgan fingerprint density at radius 3 is 2.79 bits per heavy atom. The van der Waals surface area contributed by atoms with Crippen LogP contribution in [0.3, 0.4) is 0 Å². The Kier molecular flexibility index (Phi) is 4.96. The third kappa shape index (κ3) is 3.65. The van der Waals surface area contributed by atoms with Gasteiger partial charge < -0.3 is 9.73 Å². The first-order valence-corrected chi connectivity index (χ1v) is 8.63. The number of aryl methyl sites for hydroxylation is 3. The van der Waals surface area contributed by atoms with Crippen LogP contribution in [0.1, 0.15) is 16.7 Å². The topological polar surface area (TPSA) is 85.8 Å². The van der Waals surface area contributed by atoms with Gasteiger partial charge in [0.15, 0.2) is 0 Å². The lowest BCUT2D eigenvalue weighted by Crippen LogP contribution is -2.18. The standard InChI is InChI=1S/C16H19N5O2S/c1-10-6-13-12(8-15(22)23-14(13)7-11(10)2)9-17-4-5-24-16-18-19-20-21(16)3/h6-8,17H,4-5,9H2,1-3H3. The minimum absolute atomic E-state index is 0.318. The average molecular weight is 345 g/mol. The van der Waals surface area contributed by atoms with E-state index in [4.69, 9.17) is 4.42 Å². The third-order valence-corrected chi connectivity index (χ3v) is 4.86. The van der Waals surface area contributed by atoms with Crippen molar-refractivity contribution in [3.8, 4) is 0 Å². The highest BCUT2D eigenvalue weighted by atomic mass is 32.2. The first kappa shape index (κ1) is 16.7. The minimum atomic E-state index is -0.318. The van der Waals surface area contributed by atoms with Crippen LogP contribution in [0.25, 0.3) is 11.0 Å². The predicted molar refractivity (Wildman–Crippen MR) is 93.2 cm³/mol. The van der Waals surface area contributed by atoms with E-state index >= 15 is 0 Å². The number of benzene rings is 1. The lowest BCUT2D eigenvalue weighted by molar-refractivity contribution is 0.557. The summed E-state index contributed by atoms with van der Waals surface area (Å²) in [5, 5.41) is 16.4. The first-order chi connectivity index (χ1) is 11.5. The van der Waals surface area contributed by atoms with Crippen molar-refractivity contribution in [2.75, 3.05) is 12.3 Å². The van der Waals surface area contributed by atoms with Crippen molar-refractivity contribution in [3.05, 3.63) is 45.3 Å². The molecular weight excluding hydrogens is 326 g/mol. The Balaban J connectivity index is 1.65. The lowest BCUT2D eigenvalue weighted by atomic mass is 10.0. The van der Waals surface area contributed by atoms with Gasteiger partial charge in [-0.1, -0.05) is 11.8 Å². The smallest absolute Gasteiger partial charge is 0.336 e. The summed E-state index contributed by atoms with van der Waals surface area (Å²) in [4.78, 5) is 11.8. The highest BCUT2D eigenvalue weighted by molar-refractivity contribution is 7.99. The number of tetrazole rings is 1. The van der Waals surface area contributed by atoms with Gasteiger partial charge in [-0.05, 0) is 53.1 Å². The number of nitrogens with zero attached hydrogens (tertiary/aromatic N) is 4. The van der Waals surface area contributed by atoms with E-state index in [9.17, 15) is 4.79 Å². The molecule has 126 valence electrons. The zero-order valence-corrected chi connectivity index (χ0v) is 14.7. The van der Waals surface area contributed by atoms with E-state index in [0.717, 1.165) is 34.0 Å². The van der Waals surface area contributed by atoms with Gasteiger partial charge in [-0.25, -0.2) is 9.48 Å². The van der Waals surface area contributed by atoms with Crippen molar-refractivity contribution in [2.24, 2.45) is 7.05 Å². The number of thioether (sulfide) groups is 1. The van der Waals surface area contributed by atoms with Crippen molar-refractivity contribution in [1.82, 2.24) is 25.5 Å². The number of fused-ring (bicyclic) bond motifs is 1. The summed E-state index contributed by atoms with van der Waals surface area (Å²) >= 11 is 1.58. The molecule has 0 fully saturated rings. The molecule has 0 saturated carbocycles. The average Bonchev–Trinajstić information content (AvgIpc) is 2.94. The summed E-state index contributed by atoms with van der Waals surface area (Å²) in [7, 11) is 1.81. The molecule has 0 saturated heterocycles. The quantitative estimate of drug-likeness (QED) is 0.414. The molecular formula is C16H19N5O2S. The van der Waals surface area contributed by atoms with Gasteiger partial charge in [-0.3, -0.25) is 0 Å². The van der Waals surface area contributed by atoms with Crippen LogP contribution >= 0.6 is 11.8 Å². The van der Waals surface area contributed by atoms with E-state index in [0.29, 0.717) is 12.1 Å². The molecule has 0 atom stereocenters. The maximum atomic E-state index is 11.8. The summed E-state index contributed by atoms with van der Waals surface area (Å²) in [6, 6.07) is 5.56. The van der Waals surface area contributed by atoms with Gasteiger partial charge >= 0.3 is 5.63 Å². The number of aromatic nitrogens is 4. The predicted octanol–water partition coefficient (Wildman–Crippen LogP) is 1.82. The van der Waals surface area contributed by atoms with E-state index < -0.39 is 0 Å². The fraction of sp³-hybridized carbons (Fsp3) is 0.375. The second kappa shape index (κ2) is 7.14. The van der Waals surface area contributed by atoms with Crippen LogP contribution < -0.4 is 10.9 Å². The molecule has 0 aliphatic heterocycles. The van der Waals surface area contributed by atoms with Crippen LogP contribution in [-0.4, -0.2) is 32.5 Å². The van der Waals surface area contributed by atoms with Gasteiger partial charge in [-0.15, -0.1) is 5.10 Å². The van der Waals surface area contributed by atoms with Gasteiger partial charge in [0.05, 0.1) is 0 Å². The molecule has 24 heavy (non-hydrogen) atoms. The molecule has 0 radical (unpaired) electrons. The van der Waals surface area contributed by atoms with Gasteiger partial charge in [-0.2, -0.15) is 0 Å². The molecule has 0 amide bonds. The summed E-state index contributed by atoms with van der Waals surface area (Å²) in [6.45, 7) is 5.47. The maximum Gasteiger partial charge on any atom is 0.336 e. The van der Waals surface area contributed by atoms with E-state index in [1.165, 1.54) is 5.56 Å². The normalized spacial score (nSPS) is 11.3. The van der Waals surface area contributed by atoms with Crippen molar-refractivity contribution >= 4 is 22.7 Å². The van der Waals surface area contributed by atoms with E-state index in [2.05, 4.69) is 33.8 Å².